The van der Waals surface area contributed by atoms with E-state index in [1.54, 1.807) is 18.5 Å². The molecular weight excluding hydrogens is 356 g/mol. The second-order valence-electron chi connectivity index (χ2n) is 6.32. The van der Waals surface area contributed by atoms with E-state index in [1.165, 1.54) is 16.9 Å². The minimum absolute atomic E-state index is 0.161. The van der Waals surface area contributed by atoms with E-state index in [9.17, 15) is 10.1 Å². The lowest BCUT2D eigenvalue weighted by Crippen LogP contribution is -2.47. The summed E-state index contributed by atoms with van der Waals surface area (Å²) >= 11 is 0. The van der Waals surface area contributed by atoms with Crippen molar-refractivity contribution in [2.24, 2.45) is 0 Å². The molecule has 0 unspecified atom stereocenters. The molecule has 0 saturated carbocycles. The normalized spacial score (nSPS) is 14.0. The van der Waals surface area contributed by atoms with Crippen molar-refractivity contribution in [3.8, 4) is 6.07 Å². The Morgan fingerprint density at radius 2 is 1.71 bits per heavy atom. The molecule has 0 bridgehead atoms. The molecule has 0 aliphatic carbocycles. The highest BCUT2D eigenvalue weighted by Crippen LogP contribution is 2.18. The van der Waals surface area contributed by atoms with Crippen LogP contribution in [0.2, 0.25) is 0 Å². The van der Waals surface area contributed by atoms with E-state index in [0.29, 0.717) is 44.2 Å². The summed E-state index contributed by atoms with van der Waals surface area (Å²) in [6.07, 6.45) is 4.82. The first kappa shape index (κ1) is 17.6. The van der Waals surface area contributed by atoms with E-state index in [-0.39, 0.29) is 5.56 Å². The van der Waals surface area contributed by atoms with Crippen molar-refractivity contribution >= 4 is 11.6 Å². The summed E-state index contributed by atoms with van der Waals surface area (Å²) in [7, 11) is 0. The van der Waals surface area contributed by atoms with Gasteiger partial charge in [0, 0.05) is 50.8 Å². The molecule has 0 atom stereocenters. The van der Waals surface area contributed by atoms with Gasteiger partial charge in [-0.25, -0.2) is 14.6 Å². The van der Waals surface area contributed by atoms with Crippen molar-refractivity contribution in [2.45, 2.75) is 6.54 Å². The fourth-order valence-electron chi connectivity index (χ4n) is 3.15. The maximum absolute atomic E-state index is 12.2. The van der Waals surface area contributed by atoms with Gasteiger partial charge in [0.2, 0.25) is 0 Å². The summed E-state index contributed by atoms with van der Waals surface area (Å²) in [4.78, 5) is 29.0. The monoisotopic (exact) mass is 374 g/mol. The summed E-state index contributed by atoms with van der Waals surface area (Å²) in [6.45, 7) is 3.12. The van der Waals surface area contributed by atoms with Crippen LogP contribution in [0.1, 0.15) is 11.4 Å². The Bertz CT molecular complexity index is 1050. The number of aromatic nitrogens is 5. The van der Waals surface area contributed by atoms with Gasteiger partial charge < -0.3 is 9.80 Å². The average molecular weight is 374 g/mol. The zero-order valence-electron chi connectivity index (χ0n) is 15.1. The van der Waals surface area contributed by atoms with Gasteiger partial charge in [-0.15, -0.1) is 0 Å². The Labute approximate surface area is 161 Å². The lowest BCUT2D eigenvalue weighted by Gasteiger charge is -2.36. The number of nitrogens with zero attached hydrogens (tertiary/aromatic N) is 8. The van der Waals surface area contributed by atoms with Crippen LogP contribution < -0.4 is 15.4 Å². The second kappa shape index (κ2) is 7.84. The van der Waals surface area contributed by atoms with E-state index in [0.717, 1.165) is 11.5 Å². The molecule has 28 heavy (non-hydrogen) atoms. The highest BCUT2D eigenvalue weighted by atomic mass is 16.1. The van der Waals surface area contributed by atoms with E-state index in [2.05, 4.69) is 31.0 Å². The van der Waals surface area contributed by atoms with E-state index < -0.39 is 0 Å². The van der Waals surface area contributed by atoms with Crippen LogP contribution in [0.15, 0.2) is 53.7 Å². The maximum Gasteiger partial charge on any atom is 0.267 e. The van der Waals surface area contributed by atoms with Crippen LogP contribution in [-0.2, 0) is 6.54 Å². The lowest BCUT2D eigenvalue weighted by atomic mass is 10.3. The predicted octanol–water partition coefficient (Wildman–Crippen LogP) is 0.675. The van der Waals surface area contributed by atoms with Gasteiger partial charge in [-0.3, -0.25) is 9.78 Å². The van der Waals surface area contributed by atoms with Crippen LogP contribution in [0.4, 0.5) is 11.6 Å². The molecule has 0 aromatic carbocycles. The minimum Gasteiger partial charge on any atom is -0.352 e. The molecule has 9 nitrogen and oxygen atoms in total. The minimum atomic E-state index is -0.161. The molecule has 1 fully saturated rings. The number of nitriles is 1. The van der Waals surface area contributed by atoms with Gasteiger partial charge in [0.05, 0.1) is 12.2 Å². The van der Waals surface area contributed by atoms with Crippen LogP contribution in [0.5, 0.6) is 0 Å². The summed E-state index contributed by atoms with van der Waals surface area (Å²) in [5.74, 6) is 1.35. The Hall–Kier alpha value is -3.80. The van der Waals surface area contributed by atoms with E-state index >= 15 is 0 Å². The number of rotatable bonds is 4. The van der Waals surface area contributed by atoms with Crippen molar-refractivity contribution in [1.29, 1.82) is 5.26 Å². The SMILES string of the molecule is N#Cc1nccnc1N1CCN(c2ccc(=O)n(Cc3ccccn3)n2)CC1. The standard InChI is InChI=1S/C19H18N8O/c20-13-16-19(23-8-7-22-16)26-11-9-25(10-12-26)17-4-5-18(28)27(24-17)14-15-3-1-2-6-21-15/h1-8H,9-12,14H2. The highest BCUT2D eigenvalue weighted by molar-refractivity contribution is 5.51. The molecule has 1 aliphatic rings. The summed E-state index contributed by atoms with van der Waals surface area (Å²) < 4.78 is 1.43. The van der Waals surface area contributed by atoms with Gasteiger partial charge in [-0.1, -0.05) is 6.07 Å². The molecular formula is C19H18N8O. The third-order valence-corrected chi connectivity index (χ3v) is 4.58. The largest absolute Gasteiger partial charge is 0.352 e. The Morgan fingerprint density at radius 1 is 0.929 bits per heavy atom. The van der Waals surface area contributed by atoms with E-state index in [4.69, 9.17) is 0 Å². The first-order chi connectivity index (χ1) is 13.7. The predicted molar refractivity (Wildman–Crippen MR) is 103 cm³/mol. The van der Waals surface area contributed by atoms with Gasteiger partial charge >= 0.3 is 0 Å². The molecule has 1 aliphatic heterocycles. The van der Waals surface area contributed by atoms with Crippen molar-refractivity contribution < 1.29 is 0 Å². The summed E-state index contributed by atoms with van der Waals surface area (Å²) in [6, 6.07) is 11.0. The third kappa shape index (κ3) is 3.66. The van der Waals surface area contributed by atoms with Crippen molar-refractivity contribution in [3.63, 3.8) is 0 Å². The topological polar surface area (TPSA) is 104 Å². The van der Waals surface area contributed by atoms with Crippen LogP contribution >= 0.6 is 0 Å². The average Bonchev–Trinajstić information content (AvgIpc) is 2.76. The number of anilines is 2. The van der Waals surface area contributed by atoms with Gasteiger partial charge in [0.25, 0.3) is 5.56 Å². The summed E-state index contributed by atoms with van der Waals surface area (Å²) in [5, 5.41) is 13.7. The van der Waals surface area contributed by atoms with Gasteiger partial charge in [0.15, 0.2) is 11.5 Å². The molecule has 0 spiro atoms. The first-order valence-electron chi connectivity index (χ1n) is 8.93. The quantitative estimate of drug-likeness (QED) is 0.656. The first-order valence-corrected chi connectivity index (χ1v) is 8.93. The molecule has 0 N–H and O–H groups in total. The number of hydrogen-bond donors (Lipinski definition) is 0. The van der Waals surface area contributed by atoms with Crippen LogP contribution in [0, 0.1) is 11.3 Å². The Balaban J connectivity index is 1.48. The van der Waals surface area contributed by atoms with Gasteiger partial charge in [-0.2, -0.15) is 10.4 Å². The second-order valence-corrected chi connectivity index (χ2v) is 6.32. The van der Waals surface area contributed by atoms with Gasteiger partial charge in [-0.05, 0) is 18.2 Å². The lowest BCUT2D eigenvalue weighted by molar-refractivity contribution is 0.594. The maximum atomic E-state index is 12.2. The smallest absolute Gasteiger partial charge is 0.267 e. The number of hydrogen-bond acceptors (Lipinski definition) is 8. The highest BCUT2D eigenvalue weighted by Gasteiger charge is 2.22. The Morgan fingerprint density at radius 3 is 2.46 bits per heavy atom. The van der Waals surface area contributed by atoms with Crippen molar-refractivity contribution in [3.05, 3.63) is 70.7 Å². The van der Waals surface area contributed by atoms with E-state index in [1.807, 2.05) is 23.1 Å². The summed E-state index contributed by atoms with van der Waals surface area (Å²) in [5.41, 5.74) is 0.954. The molecule has 0 radical (unpaired) electrons. The molecule has 1 saturated heterocycles. The van der Waals surface area contributed by atoms with Crippen molar-refractivity contribution in [1.82, 2.24) is 24.7 Å². The third-order valence-electron chi connectivity index (χ3n) is 4.58. The van der Waals surface area contributed by atoms with Crippen LogP contribution in [0.3, 0.4) is 0 Å². The fraction of sp³-hybridized carbons (Fsp3) is 0.263. The fourth-order valence-corrected chi connectivity index (χ4v) is 3.15. The van der Waals surface area contributed by atoms with Crippen LogP contribution in [0.25, 0.3) is 0 Å². The zero-order chi connectivity index (χ0) is 19.3. The number of piperazine rings is 1. The molecule has 0 amide bonds. The molecule has 3 aromatic heterocycles. The number of pyridine rings is 1. The zero-order valence-corrected chi connectivity index (χ0v) is 15.1. The molecule has 4 rings (SSSR count). The molecule has 3 aromatic rings. The van der Waals surface area contributed by atoms with Crippen molar-refractivity contribution in [2.75, 3.05) is 36.0 Å². The van der Waals surface area contributed by atoms with Crippen LogP contribution in [-0.4, -0.2) is 50.9 Å². The Kier molecular flexibility index (Phi) is 4.93. The van der Waals surface area contributed by atoms with Gasteiger partial charge in [0.1, 0.15) is 11.9 Å². The molecule has 9 heteroatoms. The molecule has 140 valence electrons. The molecule has 4 heterocycles.